The van der Waals surface area contributed by atoms with Crippen LogP contribution in [0.4, 0.5) is 0 Å². The molecule has 30 heavy (non-hydrogen) atoms. The van der Waals surface area contributed by atoms with Crippen LogP contribution in [0.3, 0.4) is 0 Å². The third-order valence-electron chi connectivity index (χ3n) is 5.24. The molecule has 0 N–H and O–H groups in total. The second-order valence-corrected chi connectivity index (χ2v) is 8.13. The van der Waals surface area contributed by atoms with E-state index in [2.05, 4.69) is 41.3 Å². The minimum absolute atomic E-state index is 0.0557. The number of hydrogen-bond acceptors (Lipinski definition) is 5. The highest BCUT2D eigenvalue weighted by molar-refractivity contribution is 5.79. The van der Waals surface area contributed by atoms with Crippen molar-refractivity contribution in [2.75, 3.05) is 13.1 Å². The molecule has 2 aromatic carbocycles. The third-order valence-corrected chi connectivity index (χ3v) is 5.24. The first-order valence-electron chi connectivity index (χ1n) is 10.4. The molecule has 0 spiro atoms. The minimum Gasteiger partial charge on any atom is -0.491 e. The number of rotatable bonds is 7. The van der Waals surface area contributed by atoms with E-state index in [0.717, 1.165) is 17.7 Å². The van der Waals surface area contributed by atoms with E-state index in [9.17, 15) is 4.79 Å². The number of benzene rings is 2. The van der Waals surface area contributed by atoms with Crippen LogP contribution in [0.2, 0.25) is 0 Å². The van der Waals surface area contributed by atoms with Gasteiger partial charge in [-0.2, -0.15) is 4.98 Å². The molecule has 0 radical (unpaired) electrons. The Labute approximate surface area is 176 Å². The van der Waals surface area contributed by atoms with Crippen LogP contribution in [0.15, 0.2) is 53.1 Å². The zero-order valence-corrected chi connectivity index (χ0v) is 17.7. The van der Waals surface area contributed by atoms with E-state index < -0.39 is 0 Å². The van der Waals surface area contributed by atoms with Crippen LogP contribution in [0.5, 0.6) is 5.75 Å². The average Bonchev–Trinajstić information content (AvgIpc) is 3.34. The smallest absolute Gasteiger partial charge is 0.232 e. The highest BCUT2D eigenvalue weighted by Gasteiger charge is 2.34. The standard InChI is InChI=1S/C24H27N3O3/c1-16(2)29-21-9-7-19(8-10-21)23-25-24(30-26-23)20-14-22(28)27(15-20)12-11-18-6-4-5-17(3)13-18/h4-10,13,16,20H,11-12,14-15H2,1-3H3. The van der Waals surface area contributed by atoms with Gasteiger partial charge in [0.25, 0.3) is 0 Å². The molecule has 156 valence electrons. The lowest BCUT2D eigenvalue weighted by molar-refractivity contribution is -0.127. The van der Waals surface area contributed by atoms with Gasteiger partial charge in [-0.25, -0.2) is 0 Å². The lowest BCUT2D eigenvalue weighted by Gasteiger charge is -2.16. The van der Waals surface area contributed by atoms with Crippen molar-refractivity contribution < 1.29 is 14.1 Å². The molecule has 1 saturated heterocycles. The minimum atomic E-state index is -0.0557. The Bertz CT molecular complexity index is 1010. The monoisotopic (exact) mass is 405 g/mol. The summed E-state index contributed by atoms with van der Waals surface area (Å²) in [5.74, 6) is 1.95. The summed E-state index contributed by atoms with van der Waals surface area (Å²) >= 11 is 0. The van der Waals surface area contributed by atoms with Gasteiger partial charge in [0, 0.05) is 25.1 Å². The van der Waals surface area contributed by atoms with E-state index in [1.165, 1.54) is 11.1 Å². The molecule has 6 nitrogen and oxygen atoms in total. The SMILES string of the molecule is Cc1cccc(CCN2CC(c3nc(-c4ccc(OC(C)C)cc4)no3)CC2=O)c1. The fourth-order valence-electron chi connectivity index (χ4n) is 3.76. The van der Waals surface area contributed by atoms with Gasteiger partial charge in [-0.15, -0.1) is 0 Å². The molecular formula is C24H27N3O3. The van der Waals surface area contributed by atoms with E-state index in [4.69, 9.17) is 9.26 Å². The van der Waals surface area contributed by atoms with Gasteiger partial charge in [0.15, 0.2) is 0 Å². The Kier molecular flexibility index (Phi) is 5.84. The van der Waals surface area contributed by atoms with E-state index in [-0.39, 0.29) is 17.9 Å². The summed E-state index contributed by atoms with van der Waals surface area (Å²) in [5.41, 5.74) is 3.35. The summed E-state index contributed by atoms with van der Waals surface area (Å²) in [7, 11) is 0. The molecule has 3 aromatic rings. The number of carbonyl (C=O) groups excluding carboxylic acids is 1. The lowest BCUT2D eigenvalue weighted by Crippen LogP contribution is -2.27. The number of nitrogens with zero attached hydrogens (tertiary/aromatic N) is 3. The molecule has 1 aliphatic rings. The van der Waals surface area contributed by atoms with Crippen LogP contribution in [0.1, 0.15) is 43.2 Å². The molecule has 0 bridgehead atoms. The van der Waals surface area contributed by atoms with E-state index in [0.29, 0.717) is 31.2 Å². The fraction of sp³-hybridized carbons (Fsp3) is 0.375. The summed E-state index contributed by atoms with van der Waals surface area (Å²) in [4.78, 5) is 18.9. The van der Waals surface area contributed by atoms with Crippen molar-refractivity contribution in [2.45, 2.75) is 45.6 Å². The molecule has 1 aromatic heterocycles. The van der Waals surface area contributed by atoms with Gasteiger partial charge in [0.05, 0.1) is 12.0 Å². The molecule has 1 fully saturated rings. The van der Waals surface area contributed by atoms with Crippen LogP contribution < -0.4 is 4.74 Å². The molecule has 1 unspecified atom stereocenters. The molecule has 1 aliphatic heterocycles. The molecule has 0 aliphatic carbocycles. The first kappa shape index (κ1) is 20.1. The number of likely N-dealkylation sites (tertiary alicyclic amines) is 1. The van der Waals surface area contributed by atoms with Crippen molar-refractivity contribution >= 4 is 5.91 Å². The summed E-state index contributed by atoms with van der Waals surface area (Å²) in [6.45, 7) is 7.39. The zero-order valence-electron chi connectivity index (χ0n) is 17.7. The normalized spacial score (nSPS) is 16.5. The quantitative estimate of drug-likeness (QED) is 0.583. The first-order chi connectivity index (χ1) is 14.5. The van der Waals surface area contributed by atoms with Crippen LogP contribution in [0.25, 0.3) is 11.4 Å². The van der Waals surface area contributed by atoms with Crippen LogP contribution in [-0.4, -0.2) is 40.1 Å². The van der Waals surface area contributed by atoms with Gasteiger partial charge >= 0.3 is 0 Å². The predicted molar refractivity (Wildman–Crippen MR) is 114 cm³/mol. The van der Waals surface area contributed by atoms with Gasteiger partial charge in [-0.05, 0) is 57.0 Å². The summed E-state index contributed by atoms with van der Waals surface area (Å²) in [5, 5.41) is 4.12. The first-order valence-corrected chi connectivity index (χ1v) is 10.4. The number of hydrogen-bond donors (Lipinski definition) is 0. The number of carbonyl (C=O) groups is 1. The van der Waals surface area contributed by atoms with Gasteiger partial charge in [0.1, 0.15) is 5.75 Å². The van der Waals surface area contributed by atoms with Crippen LogP contribution in [-0.2, 0) is 11.2 Å². The van der Waals surface area contributed by atoms with E-state index >= 15 is 0 Å². The predicted octanol–water partition coefficient (Wildman–Crippen LogP) is 4.39. The molecular weight excluding hydrogens is 378 g/mol. The molecule has 0 saturated carbocycles. The fourth-order valence-corrected chi connectivity index (χ4v) is 3.76. The third kappa shape index (κ3) is 4.70. The zero-order chi connectivity index (χ0) is 21.1. The Hall–Kier alpha value is -3.15. The van der Waals surface area contributed by atoms with Gasteiger partial charge in [-0.3, -0.25) is 4.79 Å². The van der Waals surface area contributed by atoms with Crippen molar-refractivity contribution in [2.24, 2.45) is 0 Å². The highest BCUT2D eigenvalue weighted by atomic mass is 16.5. The second kappa shape index (κ2) is 8.69. The lowest BCUT2D eigenvalue weighted by atomic mass is 10.1. The molecule has 2 heterocycles. The average molecular weight is 405 g/mol. The number of aromatic nitrogens is 2. The van der Waals surface area contributed by atoms with E-state index in [1.54, 1.807) is 0 Å². The Morgan fingerprint density at radius 3 is 2.73 bits per heavy atom. The summed E-state index contributed by atoms with van der Waals surface area (Å²) < 4.78 is 11.2. The molecule has 1 atom stereocenters. The second-order valence-electron chi connectivity index (χ2n) is 8.13. The maximum atomic E-state index is 12.5. The Morgan fingerprint density at radius 1 is 1.20 bits per heavy atom. The van der Waals surface area contributed by atoms with Crippen molar-refractivity contribution in [1.29, 1.82) is 0 Å². The summed E-state index contributed by atoms with van der Waals surface area (Å²) in [6, 6.07) is 16.0. The number of ether oxygens (including phenoxy) is 1. The van der Waals surface area contributed by atoms with Crippen molar-refractivity contribution in [3.05, 3.63) is 65.5 Å². The molecule has 1 amide bonds. The van der Waals surface area contributed by atoms with Crippen LogP contribution >= 0.6 is 0 Å². The van der Waals surface area contributed by atoms with Crippen molar-refractivity contribution in [3.8, 4) is 17.1 Å². The highest BCUT2D eigenvalue weighted by Crippen LogP contribution is 2.29. The van der Waals surface area contributed by atoms with E-state index in [1.807, 2.05) is 43.0 Å². The molecule has 4 rings (SSSR count). The largest absolute Gasteiger partial charge is 0.491 e. The summed E-state index contributed by atoms with van der Waals surface area (Å²) in [6.07, 6.45) is 1.39. The Morgan fingerprint density at radius 2 is 2.00 bits per heavy atom. The van der Waals surface area contributed by atoms with Gasteiger partial charge < -0.3 is 14.2 Å². The molecule has 6 heteroatoms. The van der Waals surface area contributed by atoms with Crippen LogP contribution in [0, 0.1) is 6.92 Å². The van der Waals surface area contributed by atoms with Crippen molar-refractivity contribution in [3.63, 3.8) is 0 Å². The van der Waals surface area contributed by atoms with Crippen molar-refractivity contribution in [1.82, 2.24) is 15.0 Å². The Balaban J connectivity index is 1.38. The number of aryl methyl sites for hydroxylation is 1. The van der Waals surface area contributed by atoms with Gasteiger partial charge in [0.2, 0.25) is 17.6 Å². The van der Waals surface area contributed by atoms with Gasteiger partial charge in [-0.1, -0.05) is 35.0 Å². The maximum Gasteiger partial charge on any atom is 0.232 e. The topological polar surface area (TPSA) is 68.5 Å². The number of amides is 1. The maximum absolute atomic E-state index is 12.5.